The van der Waals surface area contributed by atoms with E-state index in [4.69, 9.17) is 23.2 Å². The predicted molar refractivity (Wildman–Crippen MR) is 135 cm³/mol. The molecule has 190 valence electrons. The van der Waals surface area contributed by atoms with Crippen molar-refractivity contribution < 1.29 is 27.9 Å². The van der Waals surface area contributed by atoms with Crippen LogP contribution in [0, 0.1) is 11.8 Å². The van der Waals surface area contributed by atoms with Crippen molar-refractivity contribution in [1.82, 2.24) is 0 Å². The SMILES string of the molecule is CC(C(C(=O)Nc1cc(C(CC(=O)O)C2CC2)ccc1Cl)c1ccc2c(Cl)cccc2c1)C(F)(F)F. The number of benzene rings is 3. The molecule has 0 spiro atoms. The smallest absolute Gasteiger partial charge is 0.392 e. The number of hydrogen-bond acceptors (Lipinski definition) is 2. The number of carboxylic acids is 1. The first-order valence-electron chi connectivity index (χ1n) is 11.5. The van der Waals surface area contributed by atoms with Crippen molar-refractivity contribution in [1.29, 1.82) is 0 Å². The van der Waals surface area contributed by atoms with Gasteiger partial charge in [-0.05, 0) is 59.4 Å². The molecule has 3 aromatic rings. The average Bonchev–Trinajstić information content (AvgIpc) is 3.64. The summed E-state index contributed by atoms with van der Waals surface area (Å²) in [6.45, 7) is 0.973. The van der Waals surface area contributed by atoms with E-state index in [0.29, 0.717) is 21.4 Å². The van der Waals surface area contributed by atoms with Gasteiger partial charge in [-0.2, -0.15) is 13.2 Å². The molecule has 0 radical (unpaired) electrons. The van der Waals surface area contributed by atoms with E-state index in [1.165, 1.54) is 12.1 Å². The van der Waals surface area contributed by atoms with Crippen LogP contribution in [-0.4, -0.2) is 23.2 Å². The Labute approximate surface area is 216 Å². The molecular weight excluding hydrogens is 514 g/mol. The van der Waals surface area contributed by atoms with Crippen molar-refractivity contribution >= 4 is 51.5 Å². The molecule has 4 rings (SSSR count). The minimum atomic E-state index is -4.63. The summed E-state index contributed by atoms with van der Waals surface area (Å²) in [5, 5.41) is 13.8. The lowest BCUT2D eigenvalue weighted by molar-refractivity contribution is -0.178. The molecule has 1 aliphatic rings. The molecule has 4 nitrogen and oxygen atoms in total. The highest BCUT2D eigenvalue weighted by atomic mass is 35.5. The normalized spacial score (nSPS) is 16.4. The summed E-state index contributed by atoms with van der Waals surface area (Å²) in [5.41, 5.74) is 1.03. The van der Waals surface area contributed by atoms with Gasteiger partial charge in [0.15, 0.2) is 0 Å². The predicted octanol–water partition coefficient (Wildman–Crippen LogP) is 8.04. The summed E-state index contributed by atoms with van der Waals surface area (Å²) < 4.78 is 41.5. The second-order valence-electron chi connectivity index (χ2n) is 9.30. The molecule has 36 heavy (non-hydrogen) atoms. The third kappa shape index (κ3) is 5.79. The topological polar surface area (TPSA) is 66.4 Å². The largest absolute Gasteiger partial charge is 0.481 e. The Balaban J connectivity index is 1.69. The maximum absolute atomic E-state index is 13.8. The van der Waals surface area contributed by atoms with Crippen LogP contribution in [-0.2, 0) is 9.59 Å². The number of halogens is 5. The minimum absolute atomic E-state index is 0.0763. The molecule has 0 heterocycles. The number of carbonyl (C=O) groups excluding carboxylic acids is 1. The summed E-state index contributed by atoms with van der Waals surface area (Å²) in [6, 6.07) is 14.5. The fourth-order valence-corrected chi connectivity index (χ4v) is 5.05. The van der Waals surface area contributed by atoms with E-state index >= 15 is 0 Å². The van der Waals surface area contributed by atoms with Crippen molar-refractivity contribution in [2.75, 3.05) is 5.32 Å². The highest BCUT2D eigenvalue weighted by molar-refractivity contribution is 6.35. The lowest BCUT2D eigenvalue weighted by Crippen LogP contribution is -2.34. The second-order valence-corrected chi connectivity index (χ2v) is 10.1. The van der Waals surface area contributed by atoms with Crippen LogP contribution in [0.5, 0.6) is 0 Å². The van der Waals surface area contributed by atoms with E-state index < -0.39 is 29.9 Å². The Morgan fingerprint density at radius 1 is 1.03 bits per heavy atom. The third-order valence-electron chi connectivity index (χ3n) is 6.77. The van der Waals surface area contributed by atoms with Crippen molar-refractivity contribution in [3.63, 3.8) is 0 Å². The molecule has 1 amide bonds. The lowest BCUT2D eigenvalue weighted by Gasteiger charge is -2.26. The van der Waals surface area contributed by atoms with Gasteiger partial charge in [0.2, 0.25) is 5.91 Å². The van der Waals surface area contributed by atoms with Crippen LogP contribution in [0.15, 0.2) is 54.6 Å². The van der Waals surface area contributed by atoms with E-state index in [0.717, 1.165) is 19.8 Å². The number of carbonyl (C=O) groups is 2. The van der Waals surface area contributed by atoms with Crippen LogP contribution in [0.2, 0.25) is 10.0 Å². The Hall–Kier alpha value is -2.77. The summed E-state index contributed by atoms with van der Waals surface area (Å²) >= 11 is 12.5. The third-order valence-corrected chi connectivity index (χ3v) is 7.43. The number of nitrogens with one attached hydrogen (secondary N) is 1. The van der Waals surface area contributed by atoms with Crippen molar-refractivity contribution in [2.45, 2.75) is 44.2 Å². The number of amides is 1. The number of carboxylic acid groups (broad SMARTS) is 1. The maximum atomic E-state index is 13.8. The lowest BCUT2D eigenvalue weighted by atomic mass is 9.84. The highest BCUT2D eigenvalue weighted by Crippen LogP contribution is 2.46. The Bertz CT molecular complexity index is 1310. The fraction of sp³-hybridized carbons (Fsp3) is 0.333. The van der Waals surface area contributed by atoms with Gasteiger partial charge in [0.1, 0.15) is 0 Å². The monoisotopic (exact) mass is 537 g/mol. The maximum Gasteiger partial charge on any atom is 0.392 e. The zero-order valence-corrected chi connectivity index (χ0v) is 20.8. The van der Waals surface area contributed by atoms with Gasteiger partial charge in [-0.25, -0.2) is 0 Å². The zero-order chi connectivity index (χ0) is 26.2. The van der Waals surface area contributed by atoms with Gasteiger partial charge in [-0.1, -0.05) is 66.5 Å². The number of anilines is 1. The van der Waals surface area contributed by atoms with Gasteiger partial charge in [0, 0.05) is 10.4 Å². The van der Waals surface area contributed by atoms with Crippen LogP contribution < -0.4 is 5.32 Å². The number of aliphatic carboxylic acids is 1. The van der Waals surface area contributed by atoms with Crippen LogP contribution in [0.3, 0.4) is 0 Å². The molecule has 0 aromatic heterocycles. The second kappa shape index (κ2) is 10.3. The van der Waals surface area contributed by atoms with Crippen molar-refractivity contribution in [3.05, 3.63) is 75.8 Å². The summed E-state index contributed by atoms with van der Waals surface area (Å²) in [6.07, 6.45) is -2.90. The summed E-state index contributed by atoms with van der Waals surface area (Å²) in [4.78, 5) is 24.7. The van der Waals surface area contributed by atoms with Crippen LogP contribution in [0.1, 0.15) is 49.1 Å². The molecular formula is C27H24Cl2F3NO3. The summed E-state index contributed by atoms with van der Waals surface area (Å²) in [5.74, 6) is -5.38. The molecule has 1 fully saturated rings. The van der Waals surface area contributed by atoms with E-state index in [9.17, 15) is 27.9 Å². The number of rotatable bonds is 8. The molecule has 3 unspecified atom stereocenters. The first kappa shape index (κ1) is 26.3. The standard InChI is InChI=1S/C27H24Cl2F3NO3/c1-14(27(30,31)32)25(18-7-9-19-16(11-18)3-2-4-21(19)28)26(36)33-23-12-17(8-10-22(23)29)20(13-24(34)35)15-5-6-15/h2-4,7-12,14-15,20,25H,5-6,13H2,1H3,(H,33,36)(H,34,35). The van der Waals surface area contributed by atoms with Gasteiger partial charge in [-0.3, -0.25) is 9.59 Å². The van der Waals surface area contributed by atoms with E-state index in [-0.39, 0.29) is 34.5 Å². The molecule has 3 aromatic carbocycles. The van der Waals surface area contributed by atoms with Gasteiger partial charge >= 0.3 is 12.1 Å². The fourth-order valence-electron chi connectivity index (χ4n) is 4.64. The zero-order valence-electron chi connectivity index (χ0n) is 19.3. The van der Waals surface area contributed by atoms with Crippen LogP contribution in [0.25, 0.3) is 10.8 Å². The van der Waals surface area contributed by atoms with E-state index in [2.05, 4.69) is 5.32 Å². The van der Waals surface area contributed by atoms with E-state index in [1.54, 1.807) is 42.5 Å². The van der Waals surface area contributed by atoms with Gasteiger partial charge < -0.3 is 10.4 Å². The van der Waals surface area contributed by atoms with Crippen molar-refractivity contribution in [3.8, 4) is 0 Å². The average molecular weight is 538 g/mol. The molecule has 9 heteroatoms. The molecule has 0 saturated heterocycles. The number of hydrogen-bond donors (Lipinski definition) is 2. The minimum Gasteiger partial charge on any atom is -0.481 e. The Kier molecular flexibility index (Phi) is 7.53. The number of alkyl halides is 3. The van der Waals surface area contributed by atoms with Crippen LogP contribution >= 0.6 is 23.2 Å². The summed E-state index contributed by atoms with van der Waals surface area (Å²) in [7, 11) is 0. The molecule has 1 aliphatic carbocycles. The van der Waals surface area contributed by atoms with Gasteiger partial charge in [0.25, 0.3) is 0 Å². The Morgan fingerprint density at radius 3 is 2.36 bits per heavy atom. The molecule has 2 N–H and O–H groups in total. The quantitative estimate of drug-likeness (QED) is 0.305. The first-order chi connectivity index (χ1) is 17.0. The van der Waals surface area contributed by atoms with E-state index in [1.807, 2.05) is 0 Å². The van der Waals surface area contributed by atoms with Gasteiger partial charge in [0.05, 0.1) is 29.0 Å². The van der Waals surface area contributed by atoms with Gasteiger partial charge in [-0.15, -0.1) is 0 Å². The first-order valence-corrected chi connectivity index (χ1v) is 12.3. The molecule has 1 saturated carbocycles. The Morgan fingerprint density at radius 2 is 1.72 bits per heavy atom. The van der Waals surface area contributed by atoms with Crippen molar-refractivity contribution in [2.24, 2.45) is 11.8 Å². The molecule has 0 aliphatic heterocycles. The molecule has 3 atom stereocenters. The van der Waals surface area contributed by atoms with Crippen LogP contribution in [0.4, 0.5) is 18.9 Å². The molecule has 0 bridgehead atoms. The number of fused-ring (bicyclic) bond motifs is 1. The highest BCUT2D eigenvalue weighted by Gasteiger charge is 2.45.